The van der Waals surface area contributed by atoms with Crippen LogP contribution in [0.2, 0.25) is 0 Å². The quantitative estimate of drug-likeness (QED) is 0.858. The number of hydrogen-bond donors (Lipinski definition) is 2. The van der Waals surface area contributed by atoms with Gasteiger partial charge in [-0.1, -0.05) is 31.2 Å². The molecule has 0 amide bonds. The van der Waals surface area contributed by atoms with Crippen LogP contribution in [-0.4, -0.2) is 20.4 Å². The highest BCUT2D eigenvalue weighted by molar-refractivity contribution is 7.89. The lowest BCUT2D eigenvalue weighted by Gasteiger charge is -2.08. The van der Waals surface area contributed by atoms with E-state index in [2.05, 4.69) is 21.9 Å². The highest BCUT2D eigenvalue weighted by Gasteiger charge is 2.14. The molecular weight excluding hydrogens is 286 g/mol. The Balaban J connectivity index is 2.09. The zero-order chi connectivity index (χ0) is 15.3. The van der Waals surface area contributed by atoms with Crippen LogP contribution in [0, 0.1) is 0 Å². The summed E-state index contributed by atoms with van der Waals surface area (Å²) in [6.45, 7) is 2.35. The molecular formula is C15H19N3O2S. The summed E-state index contributed by atoms with van der Waals surface area (Å²) in [6.07, 6.45) is 2.44. The molecule has 2 rings (SSSR count). The Morgan fingerprint density at radius 3 is 2.38 bits per heavy atom. The molecule has 21 heavy (non-hydrogen) atoms. The van der Waals surface area contributed by atoms with Gasteiger partial charge in [-0.25, -0.2) is 18.1 Å². The second kappa shape index (κ2) is 6.69. The van der Waals surface area contributed by atoms with Gasteiger partial charge in [0.05, 0.1) is 4.90 Å². The SMILES string of the molecule is CCc1ccc(CNS(=O)(=O)c2ccnc(NC)c2)cc1. The number of benzene rings is 1. The van der Waals surface area contributed by atoms with Gasteiger partial charge in [0.2, 0.25) is 10.0 Å². The Labute approximate surface area is 125 Å². The van der Waals surface area contributed by atoms with E-state index in [9.17, 15) is 8.42 Å². The third-order valence-electron chi connectivity index (χ3n) is 3.20. The smallest absolute Gasteiger partial charge is 0.241 e. The average molecular weight is 305 g/mol. The maximum atomic E-state index is 12.2. The van der Waals surface area contributed by atoms with Gasteiger partial charge in [0, 0.05) is 25.9 Å². The van der Waals surface area contributed by atoms with Crippen LogP contribution in [0.4, 0.5) is 5.82 Å². The Kier molecular flexibility index (Phi) is 4.93. The average Bonchev–Trinajstić information content (AvgIpc) is 2.53. The molecule has 0 unspecified atom stereocenters. The van der Waals surface area contributed by atoms with Crippen LogP contribution < -0.4 is 10.0 Å². The Bertz CT molecular complexity index is 697. The first-order chi connectivity index (χ1) is 10.0. The molecule has 0 aliphatic carbocycles. The van der Waals surface area contributed by atoms with E-state index in [0.717, 1.165) is 12.0 Å². The van der Waals surface area contributed by atoms with E-state index in [-0.39, 0.29) is 11.4 Å². The molecule has 0 fully saturated rings. The number of rotatable bonds is 6. The number of nitrogens with zero attached hydrogens (tertiary/aromatic N) is 1. The maximum Gasteiger partial charge on any atom is 0.241 e. The molecule has 112 valence electrons. The van der Waals surface area contributed by atoms with Gasteiger partial charge in [-0.05, 0) is 23.6 Å². The molecule has 1 aromatic carbocycles. The van der Waals surface area contributed by atoms with E-state index in [1.165, 1.54) is 23.9 Å². The molecule has 6 heteroatoms. The fourth-order valence-electron chi connectivity index (χ4n) is 1.87. The minimum absolute atomic E-state index is 0.201. The van der Waals surface area contributed by atoms with E-state index in [0.29, 0.717) is 5.82 Å². The molecule has 0 bridgehead atoms. The van der Waals surface area contributed by atoms with E-state index >= 15 is 0 Å². The number of anilines is 1. The number of nitrogens with one attached hydrogen (secondary N) is 2. The molecule has 0 aliphatic rings. The highest BCUT2D eigenvalue weighted by atomic mass is 32.2. The predicted octanol–water partition coefficient (Wildman–Crippen LogP) is 2.16. The summed E-state index contributed by atoms with van der Waals surface area (Å²) >= 11 is 0. The van der Waals surface area contributed by atoms with Gasteiger partial charge in [-0.3, -0.25) is 0 Å². The Morgan fingerprint density at radius 1 is 1.10 bits per heavy atom. The van der Waals surface area contributed by atoms with Crippen LogP contribution in [0.1, 0.15) is 18.1 Å². The second-order valence-corrected chi connectivity index (χ2v) is 6.39. The standard InChI is InChI=1S/C15H19N3O2S/c1-3-12-4-6-13(7-5-12)11-18-21(19,20)14-8-9-17-15(10-14)16-2/h4-10,18H,3,11H2,1-2H3,(H,16,17). The Morgan fingerprint density at radius 2 is 1.76 bits per heavy atom. The number of sulfonamides is 1. The Hall–Kier alpha value is -1.92. The lowest BCUT2D eigenvalue weighted by atomic mass is 10.1. The van der Waals surface area contributed by atoms with Gasteiger partial charge in [0.1, 0.15) is 5.82 Å². The van der Waals surface area contributed by atoms with Crippen LogP contribution >= 0.6 is 0 Å². The van der Waals surface area contributed by atoms with Crippen LogP contribution in [0.25, 0.3) is 0 Å². The van der Waals surface area contributed by atoms with Crippen LogP contribution in [0.3, 0.4) is 0 Å². The van der Waals surface area contributed by atoms with Crippen molar-refractivity contribution in [2.45, 2.75) is 24.8 Å². The molecule has 0 radical (unpaired) electrons. The summed E-state index contributed by atoms with van der Waals surface area (Å²) in [4.78, 5) is 4.21. The number of aryl methyl sites for hydroxylation is 1. The van der Waals surface area contributed by atoms with Crippen molar-refractivity contribution in [3.05, 3.63) is 53.7 Å². The molecule has 0 aliphatic heterocycles. The van der Waals surface area contributed by atoms with E-state index in [4.69, 9.17) is 0 Å². The molecule has 0 atom stereocenters. The van der Waals surface area contributed by atoms with Gasteiger partial charge in [-0.2, -0.15) is 0 Å². The predicted molar refractivity (Wildman–Crippen MR) is 83.6 cm³/mol. The van der Waals surface area contributed by atoms with Crippen molar-refractivity contribution in [1.82, 2.24) is 9.71 Å². The summed E-state index contributed by atoms with van der Waals surface area (Å²) in [5.74, 6) is 0.519. The number of pyridine rings is 1. The van der Waals surface area contributed by atoms with Gasteiger partial charge in [0.15, 0.2) is 0 Å². The van der Waals surface area contributed by atoms with Gasteiger partial charge in [0.25, 0.3) is 0 Å². The van der Waals surface area contributed by atoms with E-state index in [1.807, 2.05) is 24.3 Å². The first-order valence-electron chi connectivity index (χ1n) is 6.76. The zero-order valence-corrected chi connectivity index (χ0v) is 12.9. The molecule has 0 saturated carbocycles. The summed E-state index contributed by atoms with van der Waals surface area (Å²) in [7, 11) is -1.84. The molecule has 5 nitrogen and oxygen atoms in total. The van der Waals surface area contributed by atoms with Gasteiger partial charge >= 0.3 is 0 Å². The second-order valence-electron chi connectivity index (χ2n) is 4.62. The fraction of sp³-hybridized carbons (Fsp3) is 0.267. The number of hydrogen-bond acceptors (Lipinski definition) is 4. The number of aromatic nitrogens is 1. The minimum atomic E-state index is -3.54. The van der Waals surface area contributed by atoms with Crippen LogP contribution in [0.5, 0.6) is 0 Å². The van der Waals surface area contributed by atoms with Crippen LogP contribution in [0.15, 0.2) is 47.5 Å². The van der Waals surface area contributed by atoms with Gasteiger partial charge in [-0.15, -0.1) is 0 Å². The summed E-state index contributed by atoms with van der Waals surface area (Å²) in [5, 5.41) is 2.82. The minimum Gasteiger partial charge on any atom is -0.373 e. The van der Waals surface area contributed by atoms with Crippen molar-refractivity contribution in [3.63, 3.8) is 0 Å². The summed E-state index contributed by atoms with van der Waals surface area (Å²) < 4.78 is 27.1. The first-order valence-corrected chi connectivity index (χ1v) is 8.25. The van der Waals surface area contributed by atoms with E-state index < -0.39 is 10.0 Å². The fourth-order valence-corrected chi connectivity index (χ4v) is 2.90. The third kappa shape index (κ3) is 4.03. The normalized spacial score (nSPS) is 11.3. The van der Waals surface area contributed by atoms with Crippen molar-refractivity contribution in [1.29, 1.82) is 0 Å². The topological polar surface area (TPSA) is 71.1 Å². The van der Waals surface area contributed by atoms with Crippen molar-refractivity contribution in [2.24, 2.45) is 0 Å². The molecule has 1 aromatic heterocycles. The van der Waals surface area contributed by atoms with Crippen molar-refractivity contribution < 1.29 is 8.42 Å². The molecule has 1 heterocycles. The molecule has 2 N–H and O–H groups in total. The molecule has 0 saturated heterocycles. The highest BCUT2D eigenvalue weighted by Crippen LogP contribution is 2.13. The van der Waals surface area contributed by atoms with Crippen molar-refractivity contribution >= 4 is 15.8 Å². The largest absolute Gasteiger partial charge is 0.373 e. The van der Waals surface area contributed by atoms with Crippen molar-refractivity contribution in [2.75, 3.05) is 12.4 Å². The van der Waals surface area contributed by atoms with Gasteiger partial charge < -0.3 is 5.32 Å². The maximum absolute atomic E-state index is 12.2. The lowest BCUT2D eigenvalue weighted by Crippen LogP contribution is -2.23. The zero-order valence-electron chi connectivity index (χ0n) is 12.1. The summed E-state index contributed by atoms with van der Waals surface area (Å²) in [5.41, 5.74) is 2.16. The first kappa shape index (κ1) is 15.5. The van der Waals surface area contributed by atoms with Crippen molar-refractivity contribution in [3.8, 4) is 0 Å². The molecule has 2 aromatic rings. The lowest BCUT2D eigenvalue weighted by molar-refractivity contribution is 0.581. The monoisotopic (exact) mass is 305 g/mol. The third-order valence-corrected chi connectivity index (χ3v) is 4.59. The molecule has 0 spiro atoms. The van der Waals surface area contributed by atoms with Crippen LogP contribution in [-0.2, 0) is 23.0 Å². The summed E-state index contributed by atoms with van der Waals surface area (Å²) in [6, 6.07) is 10.9. The van der Waals surface area contributed by atoms with E-state index in [1.54, 1.807) is 7.05 Å².